The summed E-state index contributed by atoms with van der Waals surface area (Å²) >= 11 is 0. The van der Waals surface area contributed by atoms with Crippen molar-refractivity contribution < 1.29 is 22.7 Å². The number of carbonyl (C=O) groups is 1. The zero-order valence-electron chi connectivity index (χ0n) is 13.5. The molecule has 0 amide bonds. The van der Waals surface area contributed by atoms with Gasteiger partial charge in [-0.15, -0.1) is 0 Å². The second-order valence-electron chi connectivity index (χ2n) is 6.04. The number of hydrogen-bond acceptors (Lipinski definition) is 2. The second-order valence-corrected chi connectivity index (χ2v) is 6.04. The Kier molecular flexibility index (Phi) is 3.80. The fraction of sp³-hybridized carbons (Fsp3) is 0.0952. The maximum atomic E-state index is 12.8. The molecular formula is C21H13F3O2. The molecule has 1 unspecified atom stereocenters. The van der Waals surface area contributed by atoms with Crippen LogP contribution in [0.25, 0.3) is 11.1 Å². The number of esters is 1. The van der Waals surface area contributed by atoms with Gasteiger partial charge in [-0.25, -0.2) is 4.79 Å². The fourth-order valence-electron chi connectivity index (χ4n) is 3.20. The summed E-state index contributed by atoms with van der Waals surface area (Å²) in [7, 11) is 0. The first-order valence-corrected chi connectivity index (χ1v) is 8.01. The average Bonchev–Trinajstić information content (AvgIpc) is 2.77. The molecule has 0 aliphatic carbocycles. The molecule has 1 atom stereocenters. The van der Waals surface area contributed by atoms with Crippen LogP contribution in [0.2, 0.25) is 0 Å². The van der Waals surface area contributed by atoms with Gasteiger partial charge >= 0.3 is 12.1 Å². The summed E-state index contributed by atoms with van der Waals surface area (Å²) in [5.74, 6) is -0.498. The Morgan fingerprint density at radius 1 is 0.731 bits per heavy atom. The summed E-state index contributed by atoms with van der Waals surface area (Å²) in [5, 5.41) is 0. The van der Waals surface area contributed by atoms with Crippen LogP contribution < -0.4 is 0 Å². The predicted octanol–water partition coefficient (Wildman–Crippen LogP) is 5.63. The quantitative estimate of drug-likeness (QED) is 0.529. The molecule has 1 aliphatic heterocycles. The van der Waals surface area contributed by atoms with E-state index in [1.807, 2.05) is 36.4 Å². The maximum Gasteiger partial charge on any atom is 0.416 e. The van der Waals surface area contributed by atoms with Crippen molar-refractivity contribution in [3.63, 3.8) is 0 Å². The lowest BCUT2D eigenvalue weighted by molar-refractivity contribution is -0.137. The van der Waals surface area contributed by atoms with Crippen LogP contribution in [-0.2, 0) is 10.9 Å². The van der Waals surface area contributed by atoms with Gasteiger partial charge in [0.2, 0.25) is 0 Å². The van der Waals surface area contributed by atoms with Crippen molar-refractivity contribution in [3.8, 4) is 11.1 Å². The summed E-state index contributed by atoms with van der Waals surface area (Å²) in [4.78, 5) is 12.6. The minimum Gasteiger partial charge on any atom is -0.449 e. The number of benzene rings is 3. The molecule has 4 rings (SSSR count). The van der Waals surface area contributed by atoms with Crippen LogP contribution in [0.1, 0.15) is 33.2 Å². The zero-order valence-corrected chi connectivity index (χ0v) is 13.5. The van der Waals surface area contributed by atoms with Gasteiger partial charge in [-0.3, -0.25) is 0 Å². The summed E-state index contributed by atoms with van der Waals surface area (Å²) in [6.07, 6.45) is -5.18. The third-order valence-corrected chi connectivity index (χ3v) is 4.45. The number of carbonyl (C=O) groups excluding carboxylic acids is 1. The lowest BCUT2D eigenvalue weighted by Gasteiger charge is -2.19. The molecule has 1 heterocycles. The van der Waals surface area contributed by atoms with E-state index in [1.165, 1.54) is 12.1 Å². The lowest BCUT2D eigenvalue weighted by atomic mass is 9.91. The van der Waals surface area contributed by atoms with Crippen LogP contribution >= 0.6 is 0 Å². The zero-order chi connectivity index (χ0) is 18.3. The van der Waals surface area contributed by atoms with E-state index in [2.05, 4.69) is 0 Å². The number of alkyl halides is 3. The molecule has 3 aromatic carbocycles. The first-order valence-electron chi connectivity index (χ1n) is 8.01. The Morgan fingerprint density at radius 2 is 1.31 bits per heavy atom. The number of ether oxygens (including phenoxy) is 1. The maximum absolute atomic E-state index is 12.8. The third kappa shape index (κ3) is 2.75. The molecule has 2 nitrogen and oxygen atoms in total. The van der Waals surface area contributed by atoms with E-state index < -0.39 is 23.8 Å². The smallest absolute Gasteiger partial charge is 0.416 e. The van der Waals surface area contributed by atoms with Gasteiger partial charge in [0.15, 0.2) is 6.10 Å². The van der Waals surface area contributed by atoms with Gasteiger partial charge in [0.1, 0.15) is 0 Å². The number of rotatable bonds is 1. The fourth-order valence-corrected chi connectivity index (χ4v) is 3.20. The molecular weight excluding hydrogens is 341 g/mol. The lowest BCUT2D eigenvalue weighted by Crippen LogP contribution is -2.12. The van der Waals surface area contributed by atoms with E-state index in [9.17, 15) is 18.0 Å². The highest BCUT2D eigenvalue weighted by atomic mass is 19.4. The standard InChI is InChI=1S/C21H13F3O2/c22-21(23,24)14-11-9-13(10-12-14)19-17-7-3-1-5-15(17)16-6-2-4-8-18(16)20(25)26-19/h1-12,19H. The van der Waals surface area contributed by atoms with Crippen LogP contribution in [0.4, 0.5) is 13.2 Å². The van der Waals surface area contributed by atoms with Gasteiger partial charge in [-0.2, -0.15) is 13.2 Å². The van der Waals surface area contributed by atoms with Gasteiger partial charge in [0.25, 0.3) is 0 Å². The molecule has 0 N–H and O–H groups in total. The van der Waals surface area contributed by atoms with Gasteiger partial charge in [-0.05, 0) is 34.9 Å². The van der Waals surface area contributed by atoms with Gasteiger partial charge in [0.05, 0.1) is 11.1 Å². The van der Waals surface area contributed by atoms with E-state index >= 15 is 0 Å². The molecule has 0 spiro atoms. The van der Waals surface area contributed by atoms with Crippen molar-refractivity contribution in [3.05, 3.63) is 95.1 Å². The van der Waals surface area contributed by atoms with E-state index in [1.54, 1.807) is 12.1 Å². The Morgan fingerprint density at radius 3 is 1.96 bits per heavy atom. The van der Waals surface area contributed by atoms with Crippen LogP contribution in [-0.4, -0.2) is 5.97 Å². The Hall–Kier alpha value is -3.08. The summed E-state index contributed by atoms with van der Waals surface area (Å²) in [6, 6.07) is 19.2. The van der Waals surface area contributed by atoms with Crippen molar-refractivity contribution in [2.45, 2.75) is 12.3 Å². The van der Waals surface area contributed by atoms with Crippen LogP contribution in [0, 0.1) is 0 Å². The minimum atomic E-state index is -4.41. The third-order valence-electron chi connectivity index (χ3n) is 4.45. The molecule has 1 aliphatic rings. The van der Waals surface area contributed by atoms with E-state index in [-0.39, 0.29) is 0 Å². The summed E-state index contributed by atoms with van der Waals surface area (Å²) in [6.45, 7) is 0. The van der Waals surface area contributed by atoms with Crippen molar-refractivity contribution >= 4 is 5.97 Å². The minimum absolute atomic E-state index is 0.439. The van der Waals surface area contributed by atoms with Crippen molar-refractivity contribution in [1.82, 2.24) is 0 Å². The number of fused-ring (bicyclic) bond motifs is 3. The largest absolute Gasteiger partial charge is 0.449 e. The molecule has 0 radical (unpaired) electrons. The average molecular weight is 354 g/mol. The SMILES string of the molecule is O=C1OC(c2ccc(C(F)(F)F)cc2)c2ccccc2-c2ccccc21. The molecule has 130 valence electrons. The molecule has 0 saturated carbocycles. The van der Waals surface area contributed by atoms with Gasteiger partial charge < -0.3 is 4.74 Å². The summed E-state index contributed by atoms with van der Waals surface area (Å²) < 4.78 is 44.1. The van der Waals surface area contributed by atoms with Crippen molar-refractivity contribution in [2.75, 3.05) is 0 Å². The number of cyclic esters (lactones) is 1. The highest BCUT2D eigenvalue weighted by Crippen LogP contribution is 2.40. The molecule has 26 heavy (non-hydrogen) atoms. The van der Waals surface area contributed by atoms with Crippen LogP contribution in [0.3, 0.4) is 0 Å². The molecule has 0 bridgehead atoms. The first kappa shape index (κ1) is 16.4. The molecule has 5 heteroatoms. The van der Waals surface area contributed by atoms with E-state index in [0.717, 1.165) is 28.8 Å². The normalized spacial score (nSPS) is 16.3. The predicted molar refractivity (Wildman–Crippen MR) is 90.6 cm³/mol. The van der Waals surface area contributed by atoms with E-state index in [0.29, 0.717) is 11.1 Å². The number of hydrogen-bond donors (Lipinski definition) is 0. The van der Waals surface area contributed by atoms with Gasteiger partial charge in [0, 0.05) is 5.56 Å². The van der Waals surface area contributed by atoms with Crippen LogP contribution in [0.15, 0.2) is 72.8 Å². The Labute approximate surface area is 147 Å². The van der Waals surface area contributed by atoms with Crippen molar-refractivity contribution in [1.29, 1.82) is 0 Å². The van der Waals surface area contributed by atoms with Gasteiger partial charge in [-0.1, -0.05) is 54.6 Å². The molecule has 0 aromatic heterocycles. The van der Waals surface area contributed by atoms with Crippen LogP contribution in [0.5, 0.6) is 0 Å². The van der Waals surface area contributed by atoms with Crippen molar-refractivity contribution in [2.24, 2.45) is 0 Å². The monoisotopic (exact) mass is 354 g/mol. The highest BCUT2D eigenvalue weighted by Gasteiger charge is 2.32. The number of halogens is 3. The molecule has 0 fully saturated rings. The molecule has 3 aromatic rings. The second kappa shape index (κ2) is 6.02. The Balaban J connectivity index is 1.85. The molecule has 0 saturated heterocycles. The van der Waals surface area contributed by atoms with E-state index in [4.69, 9.17) is 4.74 Å². The summed E-state index contributed by atoms with van der Waals surface area (Å²) in [5.41, 5.74) is 2.52. The highest BCUT2D eigenvalue weighted by molar-refractivity contribution is 5.99. The topological polar surface area (TPSA) is 26.3 Å². The first-order chi connectivity index (χ1) is 12.4. The Bertz CT molecular complexity index is 975.